The third-order valence-corrected chi connectivity index (χ3v) is 5.33. The van der Waals surface area contributed by atoms with E-state index in [1.54, 1.807) is 0 Å². The molecule has 0 saturated heterocycles. The first-order valence-electron chi connectivity index (χ1n) is 6.89. The highest BCUT2D eigenvalue weighted by molar-refractivity contribution is 8.00. The molecule has 0 unspecified atom stereocenters. The van der Waals surface area contributed by atoms with Crippen molar-refractivity contribution in [3.8, 4) is 0 Å². The van der Waals surface area contributed by atoms with E-state index in [2.05, 4.69) is 5.32 Å². The molecule has 0 bridgehead atoms. The van der Waals surface area contributed by atoms with E-state index >= 15 is 0 Å². The van der Waals surface area contributed by atoms with Crippen LogP contribution in [0.3, 0.4) is 0 Å². The maximum Gasteiger partial charge on any atom is 0.417 e. The Labute approximate surface area is 156 Å². The molecule has 0 radical (unpaired) electrons. The summed E-state index contributed by atoms with van der Waals surface area (Å²) < 4.78 is 60.7. The van der Waals surface area contributed by atoms with Crippen LogP contribution < -0.4 is 10.5 Å². The fraction of sp³-hybridized carbons (Fsp3) is 0.133. The number of amides is 1. The number of alkyl halides is 3. The van der Waals surface area contributed by atoms with Gasteiger partial charge >= 0.3 is 6.18 Å². The van der Waals surface area contributed by atoms with Crippen LogP contribution >= 0.6 is 23.4 Å². The number of carbonyl (C=O) groups is 1. The van der Waals surface area contributed by atoms with Gasteiger partial charge in [-0.05, 0) is 42.5 Å². The molecule has 0 fully saturated rings. The minimum atomic E-state index is -4.58. The van der Waals surface area contributed by atoms with Crippen molar-refractivity contribution in [3.05, 3.63) is 53.1 Å². The molecule has 3 N–H and O–H groups in total. The van der Waals surface area contributed by atoms with E-state index in [1.807, 2.05) is 0 Å². The fourth-order valence-electron chi connectivity index (χ4n) is 1.89. The second kappa shape index (κ2) is 7.87. The van der Waals surface area contributed by atoms with Gasteiger partial charge in [0.25, 0.3) is 0 Å². The predicted molar refractivity (Wildman–Crippen MR) is 93.6 cm³/mol. The molecule has 11 heteroatoms. The Morgan fingerprint density at radius 3 is 2.31 bits per heavy atom. The summed E-state index contributed by atoms with van der Waals surface area (Å²) in [6.45, 7) is 0. The summed E-state index contributed by atoms with van der Waals surface area (Å²) in [6, 6.07) is 8.55. The zero-order chi connectivity index (χ0) is 19.5. The number of rotatable bonds is 5. The molecule has 0 aliphatic heterocycles. The summed E-state index contributed by atoms with van der Waals surface area (Å²) in [5.74, 6) is -0.613. The molecule has 0 heterocycles. The van der Waals surface area contributed by atoms with Gasteiger partial charge in [0.05, 0.1) is 21.2 Å². The number of anilines is 1. The van der Waals surface area contributed by atoms with Gasteiger partial charge in [-0.25, -0.2) is 13.6 Å². The molecule has 0 atom stereocenters. The van der Waals surface area contributed by atoms with E-state index in [0.29, 0.717) is 5.69 Å². The lowest BCUT2D eigenvalue weighted by Crippen LogP contribution is -2.15. The van der Waals surface area contributed by atoms with E-state index in [4.69, 9.17) is 16.7 Å². The SMILES string of the molecule is NS(=O)(=O)c1ccc(NC(=O)CSc2ccc(Cl)c(C(F)(F)F)c2)cc1. The third-order valence-electron chi connectivity index (χ3n) is 3.08. The molecule has 140 valence electrons. The number of hydrogen-bond acceptors (Lipinski definition) is 4. The van der Waals surface area contributed by atoms with Crippen molar-refractivity contribution in [2.24, 2.45) is 5.14 Å². The second-order valence-corrected chi connectivity index (χ2v) is 8.06. The lowest BCUT2D eigenvalue weighted by atomic mass is 10.2. The molecule has 26 heavy (non-hydrogen) atoms. The summed E-state index contributed by atoms with van der Waals surface area (Å²) in [5, 5.41) is 7.05. The zero-order valence-electron chi connectivity index (χ0n) is 12.9. The predicted octanol–water partition coefficient (Wildman–Crippen LogP) is 3.74. The minimum absolute atomic E-state index is 0.106. The van der Waals surface area contributed by atoms with Crippen LogP contribution in [0.25, 0.3) is 0 Å². The van der Waals surface area contributed by atoms with Gasteiger partial charge in [0, 0.05) is 10.6 Å². The van der Waals surface area contributed by atoms with E-state index in [0.717, 1.165) is 23.9 Å². The summed E-state index contributed by atoms with van der Waals surface area (Å²) in [7, 11) is -3.83. The van der Waals surface area contributed by atoms with Crippen LogP contribution in [0.4, 0.5) is 18.9 Å². The lowest BCUT2D eigenvalue weighted by molar-refractivity contribution is -0.137. The highest BCUT2D eigenvalue weighted by atomic mass is 35.5. The molecule has 1 amide bonds. The Kier molecular flexibility index (Phi) is 6.22. The zero-order valence-corrected chi connectivity index (χ0v) is 15.3. The maximum atomic E-state index is 12.8. The molecule has 0 saturated carbocycles. The van der Waals surface area contributed by atoms with Gasteiger partial charge in [-0.15, -0.1) is 11.8 Å². The Morgan fingerprint density at radius 1 is 1.15 bits per heavy atom. The van der Waals surface area contributed by atoms with Crippen LogP contribution in [0.5, 0.6) is 0 Å². The Bertz CT molecular complexity index is 917. The normalized spacial score (nSPS) is 12.0. The number of sulfonamides is 1. The molecular weight excluding hydrogens is 413 g/mol. The van der Waals surface area contributed by atoms with Gasteiger partial charge < -0.3 is 5.32 Å². The van der Waals surface area contributed by atoms with Gasteiger partial charge in [-0.2, -0.15) is 13.2 Å². The first-order chi connectivity index (χ1) is 12.0. The van der Waals surface area contributed by atoms with E-state index in [1.165, 1.54) is 30.3 Å². The Balaban J connectivity index is 1.99. The van der Waals surface area contributed by atoms with E-state index in [-0.39, 0.29) is 15.5 Å². The van der Waals surface area contributed by atoms with Crippen molar-refractivity contribution < 1.29 is 26.4 Å². The fourth-order valence-corrected chi connectivity index (χ4v) is 3.36. The lowest BCUT2D eigenvalue weighted by Gasteiger charge is -2.11. The summed E-state index contributed by atoms with van der Waals surface area (Å²) in [6.07, 6.45) is -4.58. The number of nitrogens with two attached hydrogens (primary N) is 1. The van der Waals surface area contributed by atoms with Crippen molar-refractivity contribution in [2.45, 2.75) is 16.0 Å². The second-order valence-electron chi connectivity index (χ2n) is 5.05. The minimum Gasteiger partial charge on any atom is -0.325 e. The molecule has 0 aliphatic rings. The Hall–Kier alpha value is -1.75. The number of benzene rings is 2. The molecular formula is C15H12ClF3N2O3S2. The molecule has 0 aliphatic carbocycles. The third kappa shape index (κ3) is 5.63. The number of primary sulfonamides is 1. The van der Waals surface area contributed by atoms with Crippen LogP contribution in [0.1, 0.15) is 5.56 Å². The number of carbonyl (C=O) groups excluding carboxylic acids is 1. The summed E-state index contributed by atoms with van der Waals surface area (Å²) in [4.78, 5) is 12.0. The van der Waals surface area contributed by atoms with Gasteiger partial charge in [0.1, 0.15) is 0 Å². The van der Waals surface area contributed by atoms with Gasteiger partial charge in [-0.1, -0.05) is 11.6 Å². The van der Waals surface area contributed by atoms with Crippen molar-refractivity contribution in [3.63, 3.8) is 0 Å². The van der Waals surface area contributed by atoms with E-state index < -0.39 is 32.7 Å². The van der Waals surface area contributed by atoms with Crippen LogP contribution in [0.2, 0.25) is 5.02 Å². The Morgan fingerprint density at radius 2 is 1.77 bits per heavy atom. The molecule has 2 aromatic carbocycles. The number of nitrogens with one attached hydrogen (secondary N) is 1. The summed E-state index contributed by atoms with van der Waals surface area (Å²) >= 11 is 6.44. The highest BCUT2D eigenvalue weighted by Crippen LogP contribution is 2.37. The largest absolute Gasteiger partial charge is 0.417 e. The average Bonchev–Trinajstić information content (AvgIpc) is 2.52. The number of hydrogen-bond donors (Lipinski definition) is 2. The van der Waals surface area contributed by atoms with Gasteiger partial charge in [0.15, 0.2) is 0 Å². The van der Waals surface area contributed by atoms with Crippen LogP contribution in [-0.2, 0) is 21.0 Å². The molecule has 5 nitrogen and oxygen atoms in total. The van der Waals surface area contributed by atoms with Crippen molar-refractivity contribution in [1.82, 2.24) is 0 Å². The van der Waals surface area contributed by atoms with Gasteiger partial charge in [0.2, 0.25) is 15.9 Å². The number of thioether (sulfide) groups is 1. The standard InChI is InChI=1S/C15H12ClF3N2O3S2/c16-13-6-3-10(7-12(13)15(17,18)19)25-8-14(22)21-9-1-4-11(5-2-9)26(20,23)24/h1-7H,8H2,(H,21,22)(H2,20,23,24). The quantitative estimate of drug-likeness (QED) is 0.715. The molecule has 0 spiro atoms. The highest BCUT2D eigenvalue weighted by Gasteiger charge is 2.33. The van der Waals surface area contributed by atoms with Crippen LogP contribution in [0.15, 0.2) is 52.3 Å². The number of halogens is 4. The molecule has 0 aromatic heterocycles. The average molecular weight is 425 g/mol. The first kappa shape index (κ1) is 20.6. The molecule has 2 rings (SSSR count). The van der Waals surface area contributed by atoms with E-state index in [9.17, 15) is 26.4 Å². The maximum absolute atomic E-state index is 12.8. The van der Waals surface area contributed by atoms with Gasteiger partial charge in [-0.3, -0.25) is 4.79 Å². The first-order valence-corrected chi connectivity index (χ1v) is 9.80. The summed E-state index contributed by atoms with van der Waals surface area (Å²) in [5.41, 5.74) is -0.641. The smallest absolute Gasteiger partial charge is 0.325 e. The van der Waals surface area contributed by atoms with Crippen molar-refractivity contribution in [1.29, 1.82) is 0 Å². The van der Waals surface area contributed by atoms with Crippen LogP contribution in [-0.4, -0.2) is 20.1 Å². The van der Waals surface area contributed by atoms with Crippen molar-refractivity contribution >= 4 is 45.0 Å². The topological polar surface area (TPSA) is 89.3 Å². The monoisotopic (exact) mass is 424 g/mol. The van der Waals surface area contributed by atoms with Crippen LogP contribution in [0, 0.1) is 0 Å². The van der Waals surface area contributed by atoms with Crippen molar-refractivity contribution in [2.75, 3.05) is 11.1 Å². The molecule has 2 aromatic rings.